The normalized spacial score (nSPS) is 10.7. The van der Waals surface area contributed by atoms with E-state index >= 15 is 0 Å². The van der Waals surface area contributed by atoms with E-state index in [0.717, 1.165) is 41.5 Å². The minimum atomic E-state index is 0.0890. The van der Waals surface area contributed by atoms with E-state index in [9.17, 15) is 0 Å². The van der Waals surface area contributed by atoms with Crippen molar-refractivity contribution in [2.75, 3.05) is 24.6 Å². The van der Waals surface area contributed by atoms with Crippen molar-refractivity contribution < 1.29 is 5.11 Å². The quantitative estimate of drug-likeness (QED) is 0.557. The molecule has 2 aromatic carbocycles. The number of aliphatic hydroxyl groups is 1. The van der Waals surface area contributed by atoms with Gasteiger partial charge >= 0.3 is 0 Å². The van der Waals surface area contributed by atoms with Crippen LogP contribution in [0.4, 0.5) is 5.69 Å². The summed E-state index contributed by atoms with van der Waals surface area (Å²) in [6.45, 7) is 3.99. The van der Waals surface area contributed by atoms with Crippen molar-refractivity contribution in [3.8, 4) is 0 Å². The fourth-order valence-electron chi connectivity index (χ4n) is 2.50. The molecule has 0 fully saturated rings. The van der Waals surface area contributed by atoms with Gasteiger partial charge in [-0.1, -0.05) is 24.3 Å². The summed E-state index contributed by atoms with van der Waals surface area (Å²) >= 11 is 0. The molecule has 0 amide bonds. The Labute approximate surface area is 119 Å². The van der Waals surface area contributed by atoms with Gasteiger partial charge in [-0.3, -0.25) is 5.41 Å². The summed E-state index contributed by atoms with van der Waals surface area (Å²) in [6.07, 6.45) is 0.747. The monoisotopic (exact) mass is 271 g/mol. The Hall–Kier alpha value is -2.07. The average molecular weight is 271 g/mol. The van der Waals surface area contributed by atoms with Crippen molar-refractivity contribution >= 4 is 22.3 Å². The van der Waals surface area contributed by atoms with Crippen molar-refractivity contribution in [1.29, 1.82) is 5.41 Å². The van der Waals surface area contributed by atoms with Crippen LogP contribution in [-0.4, -0.2) is 30.6 Å². The molecular formula is C16H21N3O. The van der Waals surface area contributed by atoms with Gasteiger partial charge in [0.1, 0.15) is 5.84 Å². The molecular weight excluding hydrogens is 250 g/mol. The fraction of sp³-hybridized carbons (Fsp3) is 0.312. The van der Waals surface area contributed by atoms with Crippen LogP contribution in [0.15, 0.2) is 36.4 Å². The third-order valence-corrected chi connectivity index (χ3v) is 3.50. The van der Waals surface area contributed by atoms with Crippen LogP contribution < -0.4 is 10.6 Å². The summed E-state index contributed by atoms with van der Waals surface area (Å²) in [5.74, 6) is 0.0890. The molecule has 0 atom stereocenters. The molecule has 0 saturated carbocycles. The predicted molar refractivity (Wildman–Crippen MR) is 84.6 cm³/mol. The Balaban J connectivity index is 2.54. The predicted octanol–water partition coefficient (Wildman–Crippen LogP) is 2.33. The lowest BCUT2D eigenvalue weighted by Gasteiger charge is -2.25. The number of anilines is 1. The van der Waals surface area contributed by atoms with Gasteiger partial charge in [0, 0.05) is 36.3 Å². The van der Waals surface area contributed by atoms with E-state index in [4.69, 9.17) is 16.2 Å². The second-order valence-electron chi connectivity index (χ2n) is 4.75. The number of nitrogen functional groups attached to an aromatic ring is 1. The number of fused-ring (bicyclic) bond motifs is 1. The minimum Gasteiger partial charge on any atom is -0.396 e. The van der Waals surface area contributed by atoms with Crippen LogP contribution in [0.3, 0.4) is 0 Å². The molecule has 0 aromatic heterocycles. The van der Waals surface area contributed by atoms with Gasteiger partial charge < -0.3 is 15.7 Å². The highest BCUT2D eigenvalue weighted by molar-refractivity contribution is 6.10. The summed E-state index contributed by atoms with van der Waals surface area (Å²) in [5, 5.41) is 18.8. The molecule has 4 heteroatoms. The molecule has 2 rings (SSSR count). The number of nitrogens with zero attached hydrogens (tertiary/aromatic N) is 1. The number of nitrogens with one attached hydrogen (secondary N) is 1. The maximum absolute atomic E-state index is 9.02. The van der Waals surface area contributed by atoms with Crippen molar-refractivity contribution in [3.05, 3.63) is 42.0 Å². The highest BCUT2D eigenvalue weighted by Gasteiger charge is 2.11. The first-order valence-electron chi connectivity index (χ1n) is 6.91. The summed E-state index contributed by atoms with van der Waals surface area (Å²) in [4.78, 5) is 2.24. The van der Waals surface area contributed by atoms with Gasteiger partial charge in [0.2, 0.25) is 0 Å². The van der Waals surface area contributed by atoms with E-state index < -0.39 is 0 Å². The number of hydrogen-bond acceptors (Lipinski definition) is 3. The standard InChI is InChI=1S/C16H21N3O/c1-2-19(10-5-11-20)15-9-8-14(16(17)18)12-6-3-4-7-13(12)15/h3-4,6-9,20H,2,5,10-11H2,1H3,(H3,17,18). The maximum atomic E-state index is 9.02. The van der Waals surface area contributed by atoms with Gasteiger partial charge in [-0.05, 0) is 30.9 Å². The second-order valence-corrected chi connectivity index (χ2v) is 4.75. The first kappa shape index (κ1) is 14.3. The first-order chi connectivity index (χ1) is 9.69. The van der Waals surface area contributed by atoms with Crippen LogP contribution in [0.5, 0.6) is 0 Å². The molecule has 0 unspecified atom stereocenters. The van der Waals surface area contributed by atoms with Gasteiger partial charge in [-0.2, -0.15) is 0 Å². The smallest absolute Gasteiger partial charge is 0.123 e. The van der Waals surface area contributed by atoms with Crippen LogP contribution in [0.1, 0.15) is 18.9 Å². The van der Waals surface area contributed by atoms with E-state index in [2.05, 4.69) is 17.9 Å². The van der Waals surface area contributed by atoms with E-state index in [0.29, 0.717) is 0 Å². The second kappa shape index (κ2) is 6.39. The Morgan fingerprint density at radius 1 is 1.20 bits per heavy atom. The van der Waals surface area contributed by atoms with Crippen molar-refractivity contribution in [2.24, 2.45) is 5.73 Å². The molecule has 106 valence electrons. The molecule has 0 heterocycles. The number of hydrogen-bond donors (Lipinski definition) is 3. The van der Waals surface area contributed by atoms with E-state index in [-0.39, 0.29) is 12.4 Å². The van der Waals surface area contributed by atoms with Gasteiger partial charge in [-0.25, -0.2) is 0 Å². The fourth-order valence-corrected chi connectivity index (χ4v) is 2.50. The highest BCUT2D eigenvalue weighted by atomic mass is 16.3. The summed E-state index contributed by atoms with van der Waals surface area (Å²) < 4.78 is 0. The Morgan fingerprint density at radius 3 is 2.50 bits per heavy atom. The maximum Gasteiger partial charge on any atom is 0.123 e. The number of aliphatic hydroxyl groups excluding tert-OH is 1. The zero-order valence-corrected chi connectivity index (χ0v) is 11.8. The van der Waals surface area contributed by atoms with Gasteiger partial charge in [0.15, 0.2) is 0 Å². The number of amidine groups is 1. The molecule has 0 spiro atoms. The zero-order valence-electron chi connectivity index (χ0n) is 11.8. The summed E-state index contributed by atoms with van der Waals surface area (Å²) in [6, 6.07) is 11.9. The SMILES string of the molecule is CCN(CCCO)c1ccc(C(=N)N)c2ccccc12. The Kier molecular flexibility index (Phi) is 4.58. The lowest BCUT2D eigenvalue weighted by Crippen LogP contribution is -2.25. The van der Waals surface area contributed by atoms with Crippen LogP contribution in [0.2, 0.25) is 0 Å². The molecule has 0 aliphatic rings. The molecule has 20 heavy (non-hydrogen) atoms. The average Bonchev–Trinajstić information content (AvgIpc) is 2.47. The molecule has 4 N–H and O–H groups in total. The molecule has 0 aliphatic carbocycles. The highest BCUT2D eigenvalue weighted by Crippen LogP contribution is 2.29. The first-order valence-corrected chi connectivity index (χ1v) is 6.91. The summed E-state index contributed by atoms with van der Waals surface area (Å²) in [5.41, 5.74) is 7.55. The van der Waals surface area contributed by atoms with Crippen LogP contribution in [-0.2, 0) is 0 Å². The van der Waals surface area contributed by atoms with Crippen molar-refractivity contribution in [2.45, 2.75) is 13.3 Å². The molecule has 0 radical (unpaired) electrons. The zero-order chi connectivity index (χ0) is 14.5. The minimum absolute atomic E-state index is 0.0890. The number of benzene rings is 2. The molecule has 4 nitrogen and oxygen atoms in total. The summed E-state index contributed by atoms with van der Waals surface area (Å²) in [7, 11) is 0. The molecule has 2 aromatic rings. The molecule has 0 bridgehead atoms. The Morgan fingerprint density at radius 2 is 1.90 bits per heavy atom. The molecule has 0 aliphatic heterocycles. The van der Waals surface area contributed by atoms with Crippen LogP contribution in [0.25, 0.3) is 10.8 Å². The molecule has 0 saturated heterocycles. The van der Waals surface area contributed by atoms with Crippen LogP contribution in [0, 0.1) is 5.41 Å². The van der Waals surface area contributed by atoms with Crippen LogP contribution >= 0.6 is 0 Å². The third kappa shape index (κ3) is 2.75. The number of nitrogens with two attached hydrogens (primary N) is 1. The van der Waals surface area contributed by atoms with E-state index in [1.54, 1.807) is 0 Å². The van der Waals surface area contributed by atoms with Crippen molar-refractivity contribution in [3.63, 3.8) is 0 Å². The third-order valence-electron chi connectivity index (χ3n) is 3.50. The van der Waals surface area contributed by atoms with E-state index in [1.165, 1.54) is 0 Å². The Bertz CT molecular complexity index is 610. The van der Waals surface area contributed by atoms with Crippen molar-refractivity contribution in [1.82, 2.24) is 0 Å². The van der Waals surface area contributed by atoms with E-state index in [1.807, 2.05) is 30.3 Å². The topological polar surface area (TPSA) is 73.3 Å². The lowest BCUT2D eigenvalue weighted by atomic mass is 10.0. The number of rotatable bonds is 6. The largest absolute Gasteiger partial charge is 0.396 e. The van der Waals surface area contributed by atoms with Gasteiger partial charge in [-0.15, -0.1) is 0 Å². The van der Waals surface area contributed by atoms with Gasteiger partial charge in [0.25, 0.3) is 0 Å². The lowest BCUT2D eigenvalue weighted by molar-refractivity contribution is 0.289. The van der Waals surface area contributed by atoms with Gasteiger partial charge in [0.05, 0.1) is 0 Å².